The van der Waals surface area contributed by atoms with Crippen molar-refractivity contribution in [3.8, 4) is 17.2 Å². The molecule has 9 heteroatoms. The van der Waals surface area contributed by atoms with Crippen LogP contribution in [0.2, 0.25) is 5.02 Å². The lowest BCUT2D eigenvalue weighted by Crippen LogP contribution is -2.36. The molecule has 1 N–H and O–H groups in total. The quantitative estimate of drug-likeness (QED) is 0.424. The molecule has 5 nitrogen and oxygen atoms in total. The fraction of sp³-hybridized carbons (Fsp3) is 0.400. The van der Waals surface area contributed by atoms with Gasteiger partial charge in [0.2, 0.25) is 11.2 Å². The third-order valence-corrected chi connectivity index (χ3v) is 6.88. The van der Waals surface area contributed by atoms with Crippen LogP contribution in [0.5, 0.6) is 17.2 Å². The maximum atomic E-state index is 14.0. The van der Waals surface area contributed by atoms with E-state index in [-0.39, 0.29) is 40.6 Å². The van der Waals surface area contributed by atoms with Gasteiger partial charge in [-0.1, -0.05) is 18.0 Å². The predicted octanol–water partition coefficient (Wildman–Crippen LogP) is 6.95. The average Bonchev–Trinajstić information content (AvgIpc) is 2.76. The van der Waals surface area contributed by atoms with Crippen molar-refractivity contribution in [3.63, 3.8) is 0 Å². The van der Waals surface area contributed by atoms with Gasteiger partial charge in [-0.15, -0.1) is 0 Å². The zero-order chi connectivity index (χ0) is 24.8. The molecule has 1 aromatic heterocycles. The van der Waals surface area contributed by atoms with Crippen molar-refractivity contribution in [2.45, 2.75) is 58.8 Å². The monoisotopic (exact) mass is 495 g/mol. The molecule has 2 heterocycles. The summed E-state index contributed by atoms with van der Waals surface area (Å²) in [5.74, 6) is -2.69. The summed E-state index contributed by atoms with van der Waals surface area (Å²) < 4.78 is 52.9. The molecule has 34 heavy (non-hydrogen) atoms. The number of fused-ring (bicyclic) bond motifs is 1. The van der Waals surface area contributed by atoms with E-state index in [0.717, 1.165) is 25.8 Å². The molecule has 0 saturated carbocycles. The minimum Gasteiger partial charge on any atom is -0.507 e. The van der Waals surface area contributed by atoms with E-state index >= 15 is 0 Å². The van der Waals surface area contributed by atoms with Crippen molar-refractivity contribution < 1.29 is 27.4 Å². The van der Waals surface area contributed by atoms with Crippen LogP contribution in [0.15, 0.2) is 33.5 Å². The van der Waals surface area contributed by atoms with Gasteiger partial charge in [-0.2, -0.15) is 13.2 Å². The molecule has 0 aliphatic carbocycles. The highest BCUT2D eigenvalue weighted by Gasteiger charge is 2.41. The van der Waals surface area contributed by atoms with Gasteiger partial charge < -0.3 is 14.3 Å². The van der Waals surface area contributed by atoms with Crippen LogP contribution in [0.4, 0.5) is 13.2 Å². The van der Waals surface area contributed by atoms with Crippen molar-refractivity contribution in [1.82, 2.24) is 4.90 Å². The summed E-state index contributed by atoms with van der Waals surface area (Å²) in [4.78, 5) is 15.3. The standard InChI is InChI=1S/C25H25ClF3NO4/c1-13-10-16(11-14(2)20(13)26)33-23-21(32)17-7-8-19(31)18(12-30-9-5-4-6-15(30)3)22(17)34-24(23)25(27,28)29/h7-8,10-11,15,31H,4-6,9,12H2,1-3H3/t15-/m1/s1. The van der Waals surface area contributed by atoms with Crippen LogP contribution < -0.4 is 10.2 Å². The van der Waals surface area contributed by atoms with Crippen LogP contribution in [-0.2, 0) is 12.7 Å². The number of nitrogens with zero attached hydrogens (tertiary/aromatic N) is 1. The lowest BCUT2D eigenvalue weighted by atomic mass is 10.0. The van der Waals surface area contributed by atoms with Gasteiger partial charge in [0.15, 0.2) is 0 Å². The van der Waals surface area contributed by atoms with E-state index in [1.165, 1.54) is 24.3 Å². The number of aryl methyl sites for hydroxylation is 2. The number of aromatic hydroxyl groups is 1. The third-order valence-electron chi connectivity index (χ3n) is 6.29. The molecule has 0 spiro atoms. The zero-order valence-electron chi connectivity index (χ0n) is 19.1. The smallest absolute Gasteiger partial charge is 0.453 e. The van der Waals surface area contributed by atoms with E-state index < -0.39 is 23.1 Å². The number of hydrogen-bond acceptors (Lipinski definition) is 5. The number of hydrogen-bond donors (Lipinski definition) is 1. The van der Waals surface area contributed by atoms with Crippen molar-refractivity contribution in [2.24, 2.45) is 0 Å². The molecule has 0 radical (unpaired) electrons. The Labute approximate surface area is 199 Å². The zero-order valence-corrected chi connectivity index (χ0v) is 19.8. The molecule has 1 atom stereocenters. The molecule has 1 fully saturated rings. The second-order valence-corrected chi connectivity index (χ2v) is 9.19. The van der Waals surface area contributed by atoms with Crippen LogP contribution >= 0.6 is 11.6 Å². The molecular formula is C25H25ClF3NO4. The van der Waals surface area contributed by atoms with Crippen LogP contribution in [0.3, 0.4) is 0 Å². The van der Waals surface area contributed by atoms with Gasteiger partial charge in [-0.05, 0) is 75.5 Å². The Balaban J connectivity index is 1.89. The molecule has 182 valence electrons. The molecule has 4 rings (SSSR count). The van der Waals surface area contributed by atoms with Crippen molar-refractivity contribution in [1.29, 1.82) is 0 Å². The molecule has 3 aromatic rings. The van der Waals surface area contributed by atoms with Gasteiger partial charge in [0, 0.05) is 17.6 Å². The first-order valence-corrected chi connectivity index (χ1v) is 11.4. The molecule has 1 aliphatic heterocycles. The number of phenols is 1. The maximum Gasteiger partial charge on any atom is 0.453 e. The van der Waals surface area contributed by atoms with E-state index in [4.69, 9.17) is 20.8 Å². The Kier molecular flexibility index (Phi) is 6.57. The number of halogens is 4. The van der Waals surface area contributed by atoms with E-state index in [1.54, 1.807) is 13.8 Å². The number of phenolic OH excluding ortho intramolecular Hbond substituents is 1. The third kappa shape index (κ3) is 4.61. The molecule has 1 saturated heterocycles. The molecule has 1 aliphatic rings. The van der Waals surface area contributed by atoms with Crippen LogP contribution in [-0.4, -0.2) is 22.6 Å². The first-order valence-electron chi connectivity index (χ1n) is 11.0. The van der Waals surface area contributed by atoms with E-state index in [9.17, 15) is 23.1 Å². The fourth-order valence-electron chi connectivity index (χ4n) is 4.40. The van der Waals surface area contributed by atoms with Crippen molar-refractivity contribution >= 4 is 22.6 Å². The minimum atomic E-state index is -5.00. The molecule has 2 aromatic carbocycles. The van der Waals surface area contributed by atoms with E-state index in [1.807, 2.05) is 6.92 Å². The SMILES string of the molecule is Cc1cc(Oc2c(C(F)(F)F)oc3c(CN4CCCC[C@H]4C)c(O)ccc3c2=O)cc(C)c1Cl. The number of alkyl halides is 3. The lowest BCUT2D eigenvalue weighted by Gasteiger charge is -2.33. The summed E-state index contributed by atoms with van der Waals surface area (Å²) in [7, 11) is 0. The average molecular weight is 496 g/mol. The van der Waals surface area contributed by atoms with Crippen LogP contribution in [0.25, 0.3) is 11.0 Å². The number of likely N-dealkylation sites (tertiary alicyclic amines) is 1. The highest BCUT2D eigenvalue weighted by molar-refractivity contribution is 6.32. The lowest BCUT2D eigenvalue weighted by molar-refractivity contribution is -0.154. The number of ether oxygens (including phenoxy) is 1. The van der Waals surface area contributed by atoms with Gasteiger partial charge in [-0.25, -0.2) is 0 Å². The Morgan fingerprint density at radius 3 is 2.50 bits per heavy atom. The second kappa shape index (κ2) is 9.15. The topological polar surface area (TPSA) is 62.9 Å². The summed E-state index contributed by atoms with van der Waals surface area (Å²) >= 11 is 6.14. The summed E-state index contributed by atoms with van der Waals surface area (Å²) in [6.45, 7) is 6.31. The van der Waals surface area contributed by atoms with E-state index in [0.29, 0.717) is 16.1 Å². The largest absolute Gasteiger partial charge is 0.507 e. The summed E-state index contributed by atoms with van der Waals surface area (Å²) in [5.41, 5.74) is 0.0906. The van der Waals surface area contributed by atoms with Gasteiger partial charge in [0.25, 0.3) is 5.76 Å². The number of piperidine rings is 1. The summed E-state index contributed by atoms with van der Waals surface area (Å²) in [5, 5.41) is 10.9. The van der Waals surface area contributed by atoms with Gasteiger partial charge >= 0.3 is 6.18 Å². The molecule has 0 unspecified atom stereocenters. The van der Waals surface area contributed by atoms with Crippen LogP contribution in [0, 0.1) is 13.8 Å². The molecule has 0 amide bonds. The Bertz CT molecular complexity index is 1280. The molecular weight excluding hydrogens is 471 g/mol. The van der Waals surface area contributed by atoms with Gasteiger partial charge in [0.05, 0.1) is 10.9 Å². The van der Waals surface area contributed by atoms with Crippen molar-refractivity contribution in [2.75, 3.05) is 6.54 Å². The maximum absolute atomic E-state index is 14.0. The fourth-order valence-corrected chi connectivity index (χ4v) is 4.51. The second-order valence-electron chi connectivity index (χ2n) is 8.82. The normalized spacial score (nSPS) is 17.3. The highest BCUT2D eigenvalue weighted by Crippen LogP contribution is 2.41. The van der Waals surface area contributed by atoms with E-state index in [2.05, 4.69) is 4.90 Å². The summed E-state index contributed by atoms with van der Waals surface area (Å²) in [6.07, 6.45) is -2.04. The first-order chi connectivity index (χ1) is 16.0. The minimum absolute atomic E-state index is 0.0395. The Morgan fingerprint density at radius 1 is 1.21 bits per heavy atom. The Morgan fingerprint density at radius 2 is 1.88 bits per heavy atom. The Hall–Kier alpha value is -2.71. The van der Waals surface area contributed by atoms with Crippen molar-refractivity contribution in [3.05, 3.63) is 62.0 Å². The van der Waals surface area contributed by atoms with Gasteiger partial charge in [0.1, 0.15) is 17.1 Å². The highest BCUT2D eigenvalue weighted by atomic mass is 35.5. The number of rotatable bonds is 4. The predicted molar refractivity (Wildman–Crippen MR) is 124 cm³/mol. The summed E-state index contributed by atoms with van der Waals surface area (Å²) in [6, 6.07) is 5.66. The van der Waals surface area contributed by atoms with Crippen LogP contribution in [0.1, 0.15) is 48.6 Å². The molecule has 0 bridgehead atoms. The first kappa shape index (κ1) is 24.4. The van der Waals surface area contributed by atoms with Gasteiger partial charge in [-0.3, -0.25) is 9.69 Å². The number of benzene rings is 2.